The van der Waals surface area contributed by atoms with Gasteiger partial charge in [-0.2, -0.15) is 5.10 Å². The van der Waals surface area contributed by atoms with E-state index in [0.717, 1.165) is 31.0 Å². The lowest BCUT2D eigenvalue weighted by molar-refractivity contribution is 0.213. The molecule has 1 aliphatic carbocycles. The minimum atomic E-state index is -0.0123. The zero-order chi connectivity index (χ0) is 18.0. The Morgan fingerprint density at radius 3 is 2.50 bits per heavy atom. The Morgan fingerprint density at radius 2 is 1.85 bits per heavy atom. The molecule has 4 rings (SSSR count). The van der Waals surface area contributed by atoms with Crippen LogP contribution in [0.1, 0.15) is 62.2 Å². The number of hydrogen-bond acceptors (Lipinski definition) is 4. The van der Waals surface area contributed by atoms with Crippen molar-refractivity contribution in [2.75, 3.05) is 26.2 Å². The maximum absolute atomic E-state index is 9.49. The average Bonchev–Trinajstić information content (AvgIpc) is 3.38. The molecule has 1 saturated carbocycles. The number of likely N-dealkylation sites (tertiary alicyclic amines) is 1. The molecule has 2 aliphatic rings. The van der Waals surface area contributed by atoms with Gasteiger partial charge in [0, 0.05) is 12.5 Å². The van der Waals surface area contributed by atoms with E-state index in [9.17, 15) is 5.11 Å². The standard InChI is InChI=1S/C21H30N4O/c1-17(16-24-12-6-3-7-13-24)19-22-20(23-25(19)14-15-26)21(10-11-21)18-8-4-2-5-9-18/h2,4-5,8-9,17,26H,3,6-7,10-16H2,1H3. The second-order valence-electron chi connectivity index (χ2n) is 7.95. The van der Waals surface area contributed by atoms with Crippen molar-refractivity contribution >= 4 is 0 Å². The van der Waals surface area contributed by atoms with Crippen LogP contribution in [0, 0.1) is 0 Å². The van der Waals surface area contributed by atoms with E-state index in [4.69, 9.17) is 10.1 Å². The molecule has 1 atom stereocenters. The summed E-state index contributed by atoms with van der Waals surface area (Å²) in [6.45, 7) is 6.29. The zero-order valence-electron chi connectivity index (χ0n) is 15.8. The summed E-state index contributed by atoms with van der Waals surface area (Å²) in [6, 6.07) is 10.6. The van der Waals surface area contributed by atoms with Gasteiger partial charge in [0.2, 0.25) is 0 Å². The molecule has 2 fully saturated rings. The van der Waals surface area contributed by atoms with Gasteiger partial charge in [-0.25, -0.2) is 9.67 Å². The Labute approximate surface area is 156 Å². The Balaban J connectivity index is 1.59. The first-order valence-corrected chi connectivity index (χ1v) is 10.1. The van der Waals surface area contributed by atoms with E-state index >= 15 is 0 Å². The summed E-state index contributed by atoms with van der Waals surface area (Å²) in [5, 5.41) is 14.3. The van der Waals surface area contributed by atoms with Crippen molar-refractivity contribution in [3.8, 4) is 0 Å². The Bertz CT molecular complexity index is 717. The van der Waals surface area contributed by atoms with Gasteiger partial charge in [-0.1, -0.05) is 43.7 Å². The summed E-state index contributed by atoms with van der Waals surface area (Å²) >= 11 is 0. The van der Waals surface area contributed by atoms with Crippen molar-refractivity contribution in [1.29, 1.82) is 0 Å². The van der Waals surface area contributed by atoms with Gasteiger partial charge in [0.25, 0.3) is 0 Å². The van der Waals surface area contributed by atoms with Gasteiger partial charge in [0.15, 0.2) is 5.82 Å². The molecular weight excluding hydrogens is 324 g/mol. The number of aliphatic hydroxyl groups is 1. The second kappa shape index (κ2) is 7.49. The number of nitrogens with zero attached hydrogens (tertiary/aromatic N) is 4. The molecule has 0 spiro atoms. The van der Waals surface area contributed by atoms with Gasteiger partial charge < -0.3 is 10.0 Å². The summed E-state index contributed by atoms with van der Waals surface area (Å²) in [6.07, 6.45) is 6.19. The van der Waals surface area contributed by atoms with Crippen molar-refractivity contribution < 1.29 is 5.11 Å². The molecule has 5 nitrogen and oxygen atoms in total. The monoisotopic (exact) mass is 354 g/mol. The first-order valence-electron chi connectivity index (χ1n) is 10.1. The van der Waals surface area contributed by atoms with Gasteiger partial charge in [-0.05, 0) is 44.3 Å². The fourth-order valence-corrected chi connectivity index (χ4v) is 4.32. The lowest BCUT2D eigenvalue weighted by Crippen LogP contribution is -2.33. The summed E-state index contributed by atoms with van der Waals surface area (Å²) in [5.74, 6) is 2.30. The lowest BCUT2D eigenvalue weighted by atomic mass is 9.95. The van der Waals surface area contributed by atoms with E-state index in [-0.39, 0.29) is 12.0 Å². The zero-order valence-corrected chi connectivity index (χ0v) is 15.8. The fourth-order valence-electron chi connectivity index (χ4n) is 4.32. The third kappa shape index (κ3) is 3.42. The van der Waals surface area contributed by atoms with E-state index in [0.29, 0.717) is 12.5 Å². The third-order valence-corrected chi connectivity index (χ3v) is 5.94. The summed E-state index contributed by atoms with van der Waals surface area (Å²) < 4.78 is 1.95. The number of aliphatic hydroxyl groups excluding tert-OH is 1. The maximum atomic E-state index is 9.49. The fraction of sp³-hybridized carbons (Fsp3) is 0.619. The Hall–Kier alpha value is -1.72. The average molecular weight is 354 g/mol. The highest BCUT2D eigenvalue weighted by Crippen LogP contribution is 2.52. The van der Waals surface area contributed by atoms with Crippen molar-refractivity contribution in [3.05, 3.63) is 47.5 Å². The van der Waals surface area contributed by atoms with Crippen LogP contribution in [0.3, 0.4) is 0 Å². The highest BCUT2D eigenvalue weighted by Gasteiger charge is 2.49. The van der Waals surface area contributed by atoms with Crippen molar-refractivity contribution in [1.82, 2.24) is 19.7 Å². The SMILES string of the molecule is CC(CN1CCCCC1)c1nc(C2(c3ccccc3)CC2)nn1CCO. The number of piperidine rings is 1. The third-order valence-electron chi connectivity index (χ3n) is 5.94. The van der Waals surface area contributed by atoms with E-state index in [1.54, 1.807) is 0 Å². The van der Waals surface area contributed by atoms with Crippen molar-refractivity contribution in [2.24, 2.45) is 0 Å². The van der Waals surface area contributed by atoms with Crippen LogP contribution in [0.15, 0.2) is 30.3 Å². The molecule has 1 aromatic carbocycles. The Morgan fingerprint density at radius 1 is 1.12 bits per heavy atom. The van der Waals surface area contributed by atoms with Crippen molar-refractivity contribution in [3.63, 3.8) is 0 Å². The number of rotatable bonds is 7. The molecule has 1 N–H and O–H groups in total. The van der Waals surface area contributed by atoms with Crippen LogP contribution >= 0.6 is 0 Å². The molecule has 1 unspecified atom stereocenters. The summed E-state index contributed by atoms with van der Waals surface area (Å²) in [7, 11) is 0. The largest absolute Gasteiger partial charge is 0.394 e. The quantitative estimate of drug-likeness (QED) is 0.831. The number of aromatic nitrogens is 3. The van der Waals surface area contributed by atoms with Gasteiger partial charge in [0.1, 0.15) is 5.82 Å². The van der Waals surface area contributed by atoms with E-state index in [1.165, 1.54) is 37.9 Å². The first-order chi connectivity index (χ1) is 12.7. The number of benzene rings is 1. The molecule has 1 aromatic heterocycles. The van der Waals surface area contributed by atoms with Gasteiger partial charge in [-0.15, -0.1) is 0 Å². The van der Waals surface area contributed by atoms with E-state index in [2.05, 4.69) is 42.2 Å². The van der Waals surface area contributed by atoms with E-state index < -0.39 is 0 Å². The van der Waals surface area contributed by atoms with Crippen LogP contribution in [-0.4, -0.2) is 51.0 Å². The van der Waals surface area contributed by atoms with Gasteiger partial charge in [0.05, 0.1) is 18.6 Å². The number of hydrogen-bond donors (Lipinski definition) is 1. The summed E-state index contributed by atoms with van der Waals surface area (Å²) in [4.78, 5) is 7.57. The topological polar surface area (TPSA) is 54.2 Å². The van der Waals surface area contributed by atoms with Crippen LogP contribution in [0.2, 0.25) is 0 Å². The highest BCUT2D eigenvalue weighted by molar-refractivity contribution is 5.39. The van der Waals surface area contributed by atoms with Crippen LogP contribution in [0.25, 0.3) is 0 Å². The normalized spacial score (nSPS) is 20.8. The lowest BCUT2D eigenvalue weighted by Gasteiger charge is -2.28. The van der Waals surface area contributed by atoms with Crippen LogP contribution in [0.5, 0.6) is 0 Å². The molecule has 1 saturated heterocycles. The predicted molar refractivity (Wildman–Crippen MR) is 102 cm³/mol. The molecule has 0 amide bonds. The first kappa shape index (κ1) is 17.7. The van der Waals surface area contributed by atoms with Gasteiger partial charge in [-0.3, -0.25) is 0 Å². The maximum Gasteiger partial charge on any atom is 0.161 e. The van der Waals surface area contributed by atoms with Crippen molar-refractivity contribution in [2.45, 2.75) is 56.9 Å². The molecular formula is C21H30N4O. The molecule has 5 heteroatoms. The Kier molecular flexibility index (Phi) is 5.09. The minimum Gasteiger partial charge on any atom is -0.394 e. The molecule has 140 valence electrons. The second-order valence-corrected chi connectivity index (χ2v) is 7.95. The highest BCUT2D eigenvalue weighted by atomic mass is 16.3. The van der Waals surface area contributed by atoms with Crippen LogP contribution in [0.4, 0.5) is 0 Å². The summed E-state index contributed by atoms with van der Waals surface area (Å²) in [5.41, 5.74) is 1.30. The molecule has 0 radical (unpaired) electrons. The minimum absolute atomic E-state index is 0.0123. The molecule has 2 aromatic rings. The predicted octanol–water partition coefficient (Wildman–Crippen LogP) is 2.94. The van der Waals surface area contributed by atoms with Crippen LogP contribution in [-0.2, 0) is 12.0 Å². The van der Waals surface area contributed by atoms with Crippen LogP contribution < -0.4 is 0 Å². The van der Waals surface area contributed by atoms with E-state index in [1.807, 2.05) is 4.68 Å². The van der Waals surface area contributed by atoms with Gasteiger partial charge >= 0.3 is 0 Å². The molecule has 2 heterocycles. The smallest absolute Gasteiger partial charge is 0.161 e. The molecule has 0 bridgehead atoms. The molecule has 1 aliphatic heterocycles. The molecule has 26 heavy (non-hydrogen) atoms.